The van der Waals surface area contributed by atoms with Crippen LogP contribution >= 0.6 is 11.6 Å². The summed E-state index contributed by atoms with van der Waals surface area (Å²) in [6, 6.07) is 6.13. The minimum absolute atomic E-state index is 0.110. The minimum Gasteiger partial charge on any atom is -0.375 e. The van der Waals surface area contributed by atoms with Crippen molar-refractivity contribution < 1.29 is 23.5 Å². The van der Waals surface area contributed by atoms with Gasteiger partial charge in [0.1, 0.15) is 0 Å². The lowest BCUT2D eigenvalue weighted by Crippen LogP contribution is -2.67. The first-order valence-corrected chi connectivity index (χ1v) is 14.0. The third-order valence-corrected chi connectivity index (χ3v) is 9.27. The summed E-state index contributed by atoms with van der Waals surface area (Å²) >= 11 is 6.42. The number of anilines is 1. The van der Waals surface area contributed by atoms with Crippen molar-refractivity contribution in [2.45, 2.75) is 64.0 Å². The summed E-state index contributed by atoms with van der Waals surface area (Å²) in [5.74, 6) is -5.35. The monoisotopic (exact) mass is 554 g/mol. The number of halogens is 3. The summed E-state index contributed by atoms with van der Waals surface area (Å²) in [7, 11) is 3.42. The number of hydrogen-bond donors (Lipinski definition) is 1. The lowest BCUT2D eigenvalue weighted by Gasteiger charge is -2.58. The predicted octanol–water partition coefficient (Wildman–Crippen LogP) is 3.98. The molecule has 38 heavy (non-hydrogen) atoms. The van der Waals surface area contributed by atoms with Crippen molar-refractivity contribution in [1.82, 2.24) is 14.7 Å². The van der Waals surface area contributed by atoms with Crippen molar-refractivity contribution in [3.8, 4) is 0 Å². The molecule has 1 aromatic rings. The summed E-state index contributed by atoms with van der Waals surface area (Å²) in [5.41, 5.74) is -1.02. The maximum atomic E-state index is 14.2. The SMILES string of the molecule is CC(C)C(O)(C(=O)N1CCC2(CC1)CN(C1CCN(c3ccc(C(=O)N(C)C)c(Cl)c3)CC1)C2)C(C)(F)F. The van der Waals surface area contributed by atoms with E-state index in [1.54, 1.807) is 20.2 Å². The number of likely N-dealkylation sites (tertiary alicyclic amines) is 2. The molecule has 3 heterocycles. The number of nitrogens with zero attached hydrogens (tertiary/aromatic N) is 4. The van der Waals surface area contributed by atoms with Crippen LogP contribution < -0.4 is 4.90 Å². The maximum absolute atomic E-state index is 14.2. The van der Waals surface area contributed by atoms with Gasteiger partial charge in [0.05, 0.1) is 10.6 Å². The molecular weight excluding hydrogens is 514 g/mol. The zero-order valence-electron chi connectivity index (χ0n) is 23.1. The molecular formula is C28H41ClF2N4O3. The van der Waals surface area contributed by atoms with E-state index in [0.717, 1.165) is 57.5 Å². The highest BCUT2D eigenvalue weighted by molar-refractivity contribution is 6.34. The largest absolute Gasteiger partial charge is 0.375 e. The second-order valence-corrected chi connectivity index (χ2v) is 12.5. The number of piperidine rings is 2. The molecule has 3 aliphatic heterocycles. The molecule has 0 aliphatic carbocycles. The molecule has 7 nitrogen and oxygen atoms in total. The number of alkyl halides is 2. The molecule has 0 bridgehead atoms. The number of aliphatic hydroxyl groups is 1. The Morgan fingerprint density at radius 3 is 2.16 bits per heavy atom. The Morgan fingerprint density at radius 2 is 1.68 bits per heavy atom. The molecule has 1 aromatic carbocycles. The van der Waals surface area contributed by atoms with E-state index in [0.29, 0.717) is 36.6 Å². The van der Waals surface area contributed by atoms with Gasteiger partial charge in [-0.25, -0.2) is 8.78 Å². The van der Waals surface area contributed by atoms with Gasteiger partial charge in [0.2, 0.25) is 5.60 Å². The second kappa shape index (κ2) is 10.5. The zero-order chi connectivity index (χ0) is 28.0. The van der Waals surface area contributed by atoms with E-state index in [1.165, 1.54) is 23.6 Å². The van der Waals surface area contributed by atoms with Gasteiger partial charge in [-0.15, -0.1) is 0 Å². The first kappa shape index (κ1) is 29.0. The van der Waals surface area contributed by atoms with Gasteiger partial charge in [-0.3, -0.25) is 14.5 Å². The fourth-order valence-electron chi connectivity index (χ4n) is 6.36. The van der Waals surface area contributed by atoms with E-state index in [-0.39, 0.29) is 11.3 Å². The van der Waals surface area contributed by atoms with E-state index in [2.05, 4.69) is 9.80 Å². The molecule has 0 saturated carbocycles. The summed E-state index contributed by atoms with van der Waals surface area (Å²) in [6.45, 7) is 8.11. The third kappa shape index (κ3) is 5.26. The number of rotatable bonds is 6. The third-order valence-electron chi connectivity index (χ3n) is 8.95. The van der Waals surface area contributed by atoms with Crippen LogP contribution in [0.25, 0.3) is 0 Å². The lowest BCUT2D eigenvalue weighted by molar-refractivity contribution is -0.210. The van der Waals surface area contributed by atoms with Gasteiger partial charge >= 0.3 is 0 Å². The van der Waals surface area contributed by atoms with Crippen LogP contribution in [0.5, 0.6) is 0 Å². The number of carbonyl (C=O) groups excluding carboxylic acids is 2. The van der Waals surface area contributed by atoms with Crippen LogP contribution in [0.1, 0.15) is 56.8 Å². The normalized spacial score (nSPS) is 22.4. The van der Waals surface area contributed by atoms with E-state index in [9.17, 15) is 23.5 Å². The number of benzene rings is 1. The van der Waals surface area contributed by atoms with Crippen LogP contribution in [0, 0.1) is 11.3 Å². The molecule has 0 aromatic heterocycles. The minimum atomic E-state index is -3.51. The van der Waals surface area contributed by atoms with Gasteiger partial charge < -0.3 is 19.8 Å². The van der Waals surface area contributed by atoms with Crippen LogP contribution in [-0.4, -0.2) is 103 Å². The number of carbonyl (C=O) groups is 2. The molecule has 1 N–H and O–H groups in total. The van der Waals surface area contributed by atoms with Crippen LogP contribution in [0.3, 0.4) is 0 Å². The number of amides is 2. The summed E-state index contributed by atoms with van der Waals surface area (Å²) in [5, 5.41) is 11.1. The molecule has 3 aliphatic rings. The molecule has 212 valence electrons. The second-order valence-electron chi connectivity index (χ2n) is 12.1. The van der Waals surface area contributed by atoms with Gasteiger partial charge in [0.25, 0.3) is 17.7 Å². The average molecular weight is 555 g/mol. The van der Waals surface area contributed by atoms with Gasteiger partial charge in [-0.1, -0.05) is 25.4 Å². The Bertz CT molecular complexity index is 1040. The Kier molecular flexibility index (Phi) is 8.05. The summed E-state index contributed by atoms with van der Waals surface area (Å²) < 4.78 is 28.4. The van der Waals surface area contributed by atoms with Crippen molar-refractivity contribution >= 4 is 29.1 Å². The average Bonchev–Trinajstić information content (AvgIpc) is 2.85. The van der Waals surface area contributed by atoms with Crippen LogP contribution in [-0.2, 0) is 4.79 Å². The Labute approximate surface area is 229 Å². The van der Waals surface area contributed by atoms with Crippen LogP contribution in [0.4, 0.5) is 14.5 Å². The van der Waals surface area contributed by atoms with Crippen LogP contribution in [0.2, 0.25) is 5.02 Å². The lowest BCUT2D eigenvalue weighted by atomic mass is 9.70. The fraction of sp³-hybridized carbons (Fsp3) is 0.714. The van der Waals surface area contributed by atoms with Crippen molar-refractivity contribution in [3.05, 3.63) is 28.8 Å². The molecule has 1 atom stereocenters. The molecule has 4 rings (SSSR count). The fourth-order valence-corrected chi connectivity index (χ4v) is 6.62. The molecule has 2 amide bonds. The van der Waals surface area contributed by atoms with Gasteiger partial charge in [0.15, 0.2) is 0 Å². The van der Waals surface area contributed by atoms with Crippen molar-refractivity contribution in [1.29, 1.82) is 0 Å². The number of hydrogen-bond acceptors (Lipinski definition) is 5. The highest BCUT2D eigenvalue weighted by Crippen LogP contribution is 2.44. The first-order chi connectivity index (χ1) is 17.7. The molecule has 0 radical (unpaired) electrons. The topological polar surface area (TPSA) is 67.3 Å². The van der Waals surface area contributed by atoms with Crippen molar-refractivity contribution in [2.75, 3.05) is 58.3 Å². The molecule has 1 spiro atoms. The van der Waals surface area contributed by atoms with Crippen LogP contribution in [0.15, 0.2) is 18.2 Å². The first-order valence-electron chi connectivity index (χ1n) is 13.6. The van der Waals surface area contributed by atoms with E-state index in [1.807, 2.05) is 12.1 Å². The maximum Gasteiger partial charge on any atom is 0.282 e. The molecule has 1 unspecified atom stereocenters. The smallest absolute Gasteiger partial charge is 0.282 e. The zero-order valence-corrected chi connectivity index (χ0v) is 23.9. The van der Waals surface area contributed by atoms with Gasteiger partial charge in [-0.2, -0.15) is 0 Å². The molecule has 3 saturated heterocycles. The van der Waals surface area contributed by atoms with Gasteiger partial charge in [-0.05, 0) is 55.2 Å². The van der Waals surface area contributed by atoms with E-state index < -0.39 is 23.3 Å². The molecule has 3 fully saturated rings. The Morgan fingerprint density at radius 1 is 1.11 bits per heavy atom. The quantitative estimate of drug-likeness (QED) is 0.576. The summed E-state index contributed by atoms with van der Waals surface area (Å²) in [6.07, 6.45) is 3.61. The Balaban J connectivity index is 1.27. The van der Waals surface area contributed by atoms with Gasteiger partial charge in [0, 0.05) is 72.0 Å². The van der Waals surface area contributed by atoms with Crippen molar-refractivity contribution in [3.63, 3.8) is 0 Å². The summed E-state index contributed by atoms with van der Waals surface area (Å²) in [4.78, 5) is 33.0. The Hall–Kier alpha value is -1.97. The van der Waals surface area contributed by atoms with Crippen molar-refractivity contribution in [2.24, 2.45) is 11.3 Å². The predicted molar refractivity (Wildman–Crippen MR) is 145 cm³/mol. The molecule has 10 heteroatoms. The van der Waals surface area contributed by atoms with E-state index in [4.69, 9.17) is 11.6 Å². The highest BCUT2D eigenvalue weighted by atomic mass is 35.5. The van der Waals surface area contributed by atoms with E-state index >= 15 is 0 Å². The standard InChI is InChI=1S/C28H41ClF2N4O3/c1-19(2)28(38,26(3,30)31)25(37)34-14-10-27(11-15-34)17-35(18-27)20-8-12-33(13-9-20)21-6-7-22(23(29)16-21)24(36)32(4)5/h6-7,16,19-20,38H,8-15,17-18H2,1-5H3. The highest BCUT2D eigenvalue weighted by Gasteiger charge is 2.59.